The summed E-state index contributed by atoms with van der Waals surface area (Å²) in [6.45, 7) is 0.968. The van der Waals surface area contributed by atoms with Gasteiger partial charge in [-0.3, -0.25) is 4.21 Å². The number of nitrogens with one attached hydrogen (secondary N) is 1. The lowest BCUT2D eigenvalue weighted by Gasteiger charge is -2.23. The van der Waals surface area contributed by atoms with Crippen molar-refractivity contribution in [3.8, 4) is 0 Å². The highest BCUT2D eigenvalue weighted by molar-refractivity contribution is 7.84. The van der Waals surface area contributed by atoms with Crippen molar-refractivity contribution in [2.45, 2.75) is 31.1 Å². The summed E-state index contributed by atoms with van der Waals surface area (Å²) < 4.78 is 12.0. The molecule has 0 radical (unpaired) electrons. The first-order valence-corrected chi connectivity index (χ1v) is 9.61. The molecule has 1 aliphatic carbocycles. The van der Waals surface area contributed by atoms with E-state index >= 15 is 0 Å². The first kappa shape index (κ1) is 17.9. The molecule has 6 heteroatoms. The molecule has 5 nitrogen and oxygen atoms in total. The van der Waals surface area contributed by atoms with Crippen LogP contribution in [0.2, 0.25) is 0 Å². The molecule has 1 fully saturated rings. The maximum absolute atomic E-state index is 12.0. The normalized spacial score (nSPS) is 21.8. The largest absolute Gasteiger partial charge is 0.393 e. The predicted molar refractivity (Wildman–Crippen MR) is 92.5 cm³/mol. The van der Waals surface area contributed by atoms with Gasteiger partial charge in [0.2, 0.25) is 0 Å². The smallest absolute Gasteiger partial charge is 0.317 e. The van der Waals surface area contributed by atoms with Gasteiger partial charge in [-0.1, -0.05) is 36.8 Å². The van der Waals surface area contributed by atoms with Gasteiger partial charge in [0.05, 0.1) is 6.10 Å². The van der Waals surface area contributed by atoms with Gasteiger partial charge in [0, 0.05) is 48.4 Å². The van der Waals surface area contributed by atoms with Crippen molar-refractivity contribution in [3.63, 3.8) is 0 Å². The van der Waals surface area contributed by atoms with E-state index in [0.717, 1.165) is 24.8 Å². The number of aliphatic hydroxyl groups excluding tert-OH is 1. The van der Waals surface area contributed by atoms with Gasteiger partial charge in [0.1, 0.15) is 0 Å². The predicted octanol–water partition coefficient (Wildman–Crippen LogP) is 1.74. The molecule has 0 aromatic heterocycles. The van der Waals surface area contributed by atoms with Gasteiger partial charge in [-0.25, -0.2) is 4.79 Å². The monoisotopic (exact) mass is 338 g/mol. The van der Waals surface area contributed by atoms with Crippen molar-refractivity contribution in [1.82, 2.24) is 10.2 Å². The van der Waals surface area contributed by atoms with Crippen LogP contribution in [0.25, 0.3) is 0 Å². The Kier molecular flexibility index (Phi) is 7.05. The molecule has 0 heterocycles. The molecule has 128 valence electrons. The van der Waals surface area contributed by atoms with Crippen molar-refractivity contribution < 1.29 is 14.1 Å². The molecule has 1 aromatic carbocycles. The van der Waals surface area contributed by atoms with E-state index in [1.807, 2.05) is 30.3 Å². The van der Waals surface area contributed by atoms with Crippen LogP contribution in [0.15, 0.2) is 30.3 Å². The highest BCUT2D eigenvalue weighted by Gasteiger charge is 2.27. The quantitative estimate of drug-likeness (QED) is 0.795. The number of aliphatic hydroxyl groups is 1. The maximum atomic E-state index is 12.0. The van der Waals surface area contributed by atoms with Gasteiger partial charge in [0.15, 0.2) is 0 Å². The highest BCUT2D eigenvalue weighted by atomic mass is 32.2. The van der Waals surface area contributed by atoms with Crippen molar-refractivity contribution in [2.75, 3.05) is 25.9 Å². The number of amides is 2. The Labute approximate surface area is 140 Å². The molecule has 23 heavy (non-hydrogen) atoms. The second-order valence-corrected chi connectivity index (χ2v) is 7.72. The lowest BCUT2D eigenvalue weighted by atomic mass is 10.1. The number of urea groups is 1. The van der Waals surface area contributed by atoms with Gasteiger partial charge in [0.25, 0.3) is 0 Å². The van der Waals surface area contributed by atoms with E-state index in [2.05, 4.69) is 5.32 Å². The highest BCUT2D eigenvalue weighted by Crippen LogP contribution is 2.25. The zero-order valence-corrected chi connectivity index (χ0v) is 14.4. The van der Waals surface area contributed by atoms with Crippen LogP contribution in [0.3, 0.4) is 0 Å². The summed E-state index contributed by atoms with van der Waals surface area (Å²) in [5.41, 5.74) is 1.05. The first-order chi connectivity index (χ1) is 11.1. The van der Waals surface area contributed by atoms with Crippen molar-refractivity contribution in [3.05, 3.63) is 35.9 Å². The minimum Gasteiger partial charge on any atom is -0.393 e. The third-order valence-corrected chi connectivity index (χ3v) is 5.57. The zero-order chi connectivity index (χ0) is 16.7. The van der Waals surface area contributed by atoms with Crippen LogP contribution < -0.4 is 5.32 Å². The lowest BCUT2D eigenvalue weighted by molar-refractivity contribution is 0.114. The number of hydrogen-bond acceptors (Lipinski definition) is 3. The average molecular weight is 338 g/mol. The second kappa shape index (κ2) is 9.03. The van der Waals surface area contributed by atoms with E-state index in [9.17, 15) is 14.1 Å². The molecular formula is C17H26N2O3S. The lowest BCUT2D eigenvalue weighted by Crippen LogP contribution is -2.42. The second-order valence-electron chi connectivity index (χ2n) is 6.14. The fraction of sp³-hybridized carbons (Fsp3) is 0.588. The summed E-state index contributed by atoms with van der Waals surface area (Å²) >= 11 is 0. The third-order valence-electron chi connectivity index (χ3n) is 4.25. The molecule has 1 aliphatic rings. The Morgan fingerprint density at radius 1 is 1.35 bits per heavy atom. The molecule has 1 aromatic rings. The summed E-state index contributed by atoms with van der Waals surface area (Å²) in [6, 6.07) is 9.54. The number of carbonyl (C=O) groups excluding carboxylic acids is 1. The molecule has 2 N–H and O–H groups in total. The Morgan fingerprint density at radius 2 is 2.09 bits per heavy atom. The van der Waals surface area contributed by atoms with Crippen LogP contribution >= 0.6 is 0 Å². The van der Waals surface area contributed by atoms with E-state index in [1.165, 1.54) is 0 Å². The van der Waals surface area contributed by atoms with E-state index < -0.39 is 10.8 Å². The van der Waals surface area contributed by atoms with Crippen molar-refractivity contribution >= 4 is 16.8 Å². The molecule has 0 saturated heterocycles. The summed E-state index contributed by atoms with van der Waals surface area (Å²) in [4.78, 5) is 13.6. The van der Waals surface area contributed by atoms with E-state index in [-0.39, 0.29) is 18.1 Å². The van der Waals surface area contributed by atoms with Crippen LogP contribution in [-0.2, 0) is 16.6 Å². The van der Waals surface area contributed by atoms with Crippen LogP contribution in [0.1, 0.15) is 24.8 Å². The first-order valence-electron chi connectivity index (χ1n) is 8.12. The summed E-state index contributed by atoms with van der Waals surface area (Å²) in [7, 11) is 0.754. The van der Waals surface area contributed by atoms with Crippen LogP contribution in [0.4, 0.5) is 4.79 Å². The minimum absolute atomic E-state index is 0.166. The van der Waals surface area contributed by atoms with Gasteiger partial charge in [-0.05, 0) is 18.4 Å². The number of rotatable bonds is 7. The molecule has 0 bridgehead atoms. The SMILES string of the molecule is CN(CC1CCCC1O)C(=O)NCCS(=O)Cc1ccccc1. The summed E-state index contributed by atoms with van der Waals surface area (Å²) in [6.07, 6.45) is 2.54. The standard InChI is InChI=1S/C17H26N2O3S/c1-19(12-15-8-5-9-16(15)20)17(21)18-10-11-23(22)13-14-6-3-2-4-7-14/h2-4,6-7,15-16,20H,5,8-13H2,1H3,(H,18,21). The topological polar surface area (TPSA) is 69.6 Å². The van der Waals surface area contributed by atoms with Gasteiger partial charge < -0.3 is 15.3 Å². The summed E-state index contributed by atoms with van der Waals surface area (Å²) in [5, 5.41) is 12.6. The maximum Gasteiger partial charge on any atom is 0.317 e. The van der Waals surface area contributed by atoms with Gasteiger partial charge in [-0.2, -0.15) is 0 Å². The van der Waals surface area contributed by atoms with Crippen LogP contribution in [-0.4, -0.2) is 52.2 Å². The van der Waals surface area contributed by atoms with Crippen molar-refractivity contribution in [1.29, 1.82) is 0 Å². The number of nitrogens with zero attached hydrogens (tertiary/aromatic N) is 1. The minimum atomic E-state index is -0.984. The van der Waals surface area contributed by atoms with E-state index in [0.29, 0.717) is 24.6 Å². The molecule has 2 rings (SSSR count). The zero-order valence-electron chi connectivity index (χ0n) is 13.6. The Hall–Kier alpha value is -1.40. The molecule has 1 saturated carbocycles. The Bertz CT molecular complexity index is 524. The van der Waals surface area contributed by atoms with Gasteiger partial charge in [-0.15, -0.1) is 0 Å². The van der Waals surface area contributed by atoms with Crippen LogP contribution in [0, 0.1) is 5.92 Å². The van der Waals surface area contributed by atoms with Gasteiger partial charge >= 0.3 is 6.03 Å². The molecule has 3 unspecified atom stereocenters. The third kappa shape index (κ3) is 5.95. The molecule has 0 aliphatic heterocycles. The fourth-order valence-electron chi connectivity index (χ4n) is 2.90. The molecule has 2 amide bonds. The molecular weight excluding hydrogens is 312 g/mol. The number of carbonyl (C=O) groups is 1. The Morgan fingerprint density at radius 3 is 2.74 bits per heavy atom. The van der Waals surface area contributed by atoms with E-state index in [4.69, 9.17) is 0 Å². The molecule has 3 atom stereocenters. The van der Waals surface area contributed by atoms with E-state index in [1.54, 1.807) is 11.9 Å². The number of hydrogen-bond donors (Lipinski definition) is 2. The number of benzene rings is 1. The Balaban J connectivity index is 1.64. The fourth-order valence-corrected chi connectivity index (χ4v) is 3.94. The van der Waals surface area contributed by atoms with Crippen molar-refractivity contribution in [2.24, 2.45) is 5.92 Å². The molecule has 0 spiro atoms. The summed E-state index contributed by atoms with van der Waals surface area (Å²) in [5.74, 6) is 1.14. The van der Waals surface area contributed by atoms with Crippen LogP contribution in [0.5, 0.6) is 0 Å². The average Bonchev–Trinajstić information content (AvgIpc) is 2.93.